The van der Waals surface area contributed by atoms with Crippen LogP contribution in [0.3, 0.4) is 0 Å². The van der Waals surface area contributed by atoms with Crippen LogP contribution in [0.1, 0.15) is 11.1 Å². The minimum Gasteiger partial charge on any atom is -0.489 e. The molecule has 3 aromatic carbocycles. The molecule has 156 valence electrons. The van der Waals surface area contributed by atoms with Gasteiger partial charge in [0.25, 0.3) is 11.1 Å². The van der Waals surface area contributed by atoms with Crippen molar-refractivity contribution in [3.05, 3.63) is 82.8 Å². The van der Waals surface area contributed by atoms with E-state index in [9.17, 15) is 14.4 Å². The number of fused-ring (bicyclic) bond motifs is 1. The zero-order valence-corrected chi connectivity index (χ0v) is 17.6. The molecule has 31 heavy (non-hydrogen) atoms. The molecule has 0 aliphatic carbocycles. The van der Waals surface area contributed by atoms with Crippen LogP contribution in [-0.4, -0.2) is 35.7 Å². The predicted molar refractivity (Wildman–Crippen MR) is 119 cm³/mol. The van der Waals surface area contributed by atoms with Crippen LogP contribution in [0.15, 0.2) is 71.6 Å². The number of ether oxygens (including phenoxy) is 2. The maximum Gasteiger partial charge on any atom is 0.325 e. The van der Waals surface area contributed by atoms with E-state index >= 15 is 0 Å². The lowest BCUT2D eigenvalue weighted by molar-refractivity contribution is -0.143. The predicted octanol–water partition coefficient (Wildman–Crippen LogP) is 4.63. The fourth-order valence-electron chi connectivity index (χ4n) is 3.25. The first-order valence-corrected chi connectivity index (χ1v) is 10.4. The minimum absolute atomic E-state index is 0.250. The molecule has 0 spiro atoms. The topological polar surface area (TPSA) is 72.9 Å². The third-order valence-electron chi connectivity index (χ3n) is 4.82. The van der Waals surface area contributed by atoms with Gasteiger partial charge in [-0.15, -0.1) is 0 Å². The number of hydrogen-bond donors (Lipinski definition) is 0. The number of carbonyl (C=O) groups excluding carboxylic acids is 3. The monoisotopic (exact) mass is 433 g/mol. The van der Waals surface area contributed by atoms with Gasteiger partial charge in [-0.05, 0) is 51.9 Å². The van der Waals surface area contributed by atoms with E-state index < -0.39 is 23.7 Å². The van der Waals surface area contributed by atoms with Crippen LogP contribution in [0.25, 0.3) is 16.8 Å². The lowest BCUT2D eigenvalue weighted by Crippen LogP contribution is -2.34. The van der Waals surface area contributed by atoms with Gasteiger partial charge in [0.2, 0.25) is 0 Å². The second-order valence-corrected chi connectivity index (χ2v) is 7.84. The van der Waals surface area contributed by atoms with E-state index in [1.54, 1.807) is 12.1 Å². The Labute approximate surface area is 183 Å². The molecule has 0 atom stereocenters. The smallest absolute Gasteiger partial charge is 0.325 e. The van der Waals surface area contributed by atoms with E-state index in [0.717, 1.165) is 38.6 Å². The summed E-state index contributed by atoms with van der Waals surface area (Å²) >= 11 is 0.797. The average molecular weight is 433 g/mol. The minimum atomic E-state index is -0.646. The molecule has 1 saturated heterocycles. The molecule has 0 radical (unpaired) electrons. The maximum absolute atomic E-state index is 12.5. The van der Waals surface area contributed by atoms with Crippen molar-refractivity contribution in [2.75, 3.05) is 13.7 Å². The van der Waals surface area contributed by atoms with E-state index in [-0.39, 0.29) is 4.91 Å². The van der Waals surface area contributed by atoms with E-state index in [1.807, 2.05) is 42.5 Å². The Morgan fingerprint density at radius 2 is 1.81 bits per heavy atom. The zero-order valence-electron chi connectivity index (χ0n) is 16.7. The second-order valence-electron chi connectivity index (χ2n) is 6.84. The van der Waals surface area contributed by atoms with Gasteiger partial charge in [0.15, 0.2) is 0 Å². The molecule has 0 unspecified atom stereocenters. The molecule has 0 N–H and O–H groups in total. The summed E-state index contributed by atoms with van der Waals surface area (Å²) in [6, 6.07) is 21.5. The Morgan fingerprint density at radius 1 is 1.03 bits per heavy atom. The summed E-state index contributed by atoms with van der Waals surface area (Å²) < 4.78 is 10.5. The summed E-state index contributed by atoms with van der Waals surface area (Å²) in [7, 11) is 1.21. The van der Waals surface area contributed by atoms with Crippen molar-refractivity contribution < 1.29 is 23.9 Å². The Morgan fingerprint density at radius 3 is 2.65 bits per heavy atom. The first-order chi connectivity index (χ1) is 15.0. The third-order valence-corrected chi connectivity index (χ3v) is 5.73. The normalized spacial score (nSPS) is 15.0. The lowest BCUT2D eigenvalue weighted by atomic mass is 10.1. The Bertz CT molecular complexity index is 1200. The quantitative estimate of drug-likeness (QED) is 0.417. The number of carbonyl (C=O) groups is 3. The fraction of sp³-hybridized carbons (Fsp3) is 0.125. The van der Waals surface area contributed by atoms with Crippen LogP contribution >= 0.6 is 11.8 Å². The number of rotatable bonds is 6. The summed E-state index contributed by atoms with van der Waals surface area (Å²) in [5.41, 5.74) is 1.80. The van der Waals surface area contributed by atoms with Gasteiger partial charge in [-0.1, -0.05) is 54.6 Å². The Hall–Kier alpha value is -3.58. The lowest BCUT2D eigenvalue weighted by Gasteiger charge is -2.10. The highest BCUT2D eigenvalue weighted by molar-refractivity contribution is 8.18. The van der Waals surface area contributed by atoms with Gasteiger partial charge in [0.1, 0.15) is 18.9 Å². The van der Waals surface area contributed by atoms with Crippen LogP contribution < -0.4 is 4.74 Å². The van der Waals surface area contributed by atoms with Gasteiger partial charge in [0, 0.05) is 0 Å². The highest BCUT2D eigenvalue weighted by Crippen LogP contribution is 2.32. The van der Waals surface area contributed by atoms with Crippen LogP contribution in [0.2, 0.25) is 0 Å². The van der Waals surface area contributed by atoms with Crippen molar-refractivity contribution in [2.24, 2.45) is 0 Å². The average Bonchev–Trinajstić information content (AvgIpc) is 3.05. The molecule has 0 bridgehead atoms. The van der Waals surface area contributed by atoms with Crippen molar-refractivity contribution in [1.82, 2.24) is 4.90 Å². The van der Waals surface area contributed by atoms with E-state index in [1.165, 1.54) is 7.11 Å². The van der Waals surface area contributed by atoms with Crippen LogP contribution in [0.4, 0.5) is 4.79 Å². The highest BCUT2D eigenvalue weighted by atomic mass is 32.2. The highest BCUT2D eigenvalue weighted by Gasteiger charge is 2.36. The molecule has 4 rings (SSSR count). The molecule has 6 nitrogen and oxygen atoms in total. The SMILES string of the molecule is COC(=O)CN1C(=O)S/C(=C\c2cccc(OCc3cccc4ccccc34)c2)C1=O. The molecule has 7 heteroatoms. The number of esters is 1. The largest absolute Gasteiger partial charge is 0.489 e. The maximum atomic E-state index is 12.5. The summed E-state index contributed by atoms with van der Waals surface area (Å²) in [5, 5.41) is 1.80. The van der Waals surface area contributed by atoms with Crippen molar-refractivity contribution in [1.29, 1.82) is 0 Å². The van der Waals surface area contributed by atoms with Crippen molar-refractivity contribution in [3.8, 4) is 5.75 Å². The Kier molecular flexibility index (Phi) is 6.04. The number of imide groups is 1. The number of thioether (sulfide) groups is 1. The van der Waals surface area contributed by atoms with Gasteiger partial charge >= 0.3 is 5.97 Å². The van der Waals surface area contributed by atoms with Gasteiger partial charge in [0.05, 0.1) is 12.0 Å². The molecule has 1 aliphatic heterocycles. The van der Waals surface area contributed by atoms with Gasteiger partial charge < -0.3 is 9.47 Å². The second kappa shape index (κ2) is 9.06. The van der Waals surface area contributed by atoms with Crippen molar-refractivity contribution in [3.63, 3.8) is 0 Å². The van der Waals surface area contributed by atoms with E-state index in [0.29, 0.717) is 12.4 Å². The Balaban J connectivity index is 1.49. The van der Waals surface area contributed by atoms with Gasteiger partial charge in [-0.3, -0.25) is 19.3 Å². The van der Waals surface area contributed by atoms with Gasteiger partial charge in [-0.25, -0.2) is 0 Å². The van der Waals surface area contributed by atoms with Gasteiger partial charge in [-0.2, -0.15) is 0 Å². The van der Waals surface area contributed by atoms with Crippen LogP contribution in [-0.2, 0) is 20.9 Å². The van der Waals surface area contributed by atoms with Crippen LogP contribution in [0, 0.1) is 0 Å². The molecule has 1 fully saturated rings. The molecular formula is C24H19NO5S. The summed E-state index contributed by atoms with van der Waals surface area (Å²) in [6.45, 7) is 0.00708. The number of nitrogens with zero attached hydrogens (tertiary/aromatic N) is 1. The van der Waals surface area contributed by atoms with E-state index in [2.05, 4.69) is 22.9 Å². The molecule has 1 heterocycles. The first kappa shape index (κ1) is 20.7. The molecule has 0 aromatic heterocycles. The van der Waals surface area contributed by atoms with Crippen molar-refractivity contribution in [2.45, 2.75) is 6.61 Å². The molecular weight excluding hydrogens is 414 g/mol. The number of amides is 2. The fourth-order valence-corrected chi connectivity index (χ4v) is 4.09. The summed E-state index contributed by atoms with van der Waals surface area (Å²) in [6.07, 6.45) is 1.62. The standard InChI is InChI=1S/C24H19NO5S/c1-29-22(26)14-25-23(27)21(31-24(25)28)13-16-6-4-10-19(12-16)30-15-18-9-5-8-17-7-2-3-11-20(17)18/h2-13H,14-15H2,1H3/b21-13-. The summed E-state index contributed by atoms with van der Waals surface area (Å²) in [4.78, 5) is 37.1. The zero-order chi connectivity index (χ0) is 21.8. The molecule has 3 aromatic rings. The third kappa shape index (κ3) is 4.62. The first-order valence-electron chi connectivity index (χ1n) is 9.57. The van der Waals surface area contributed by atoms with E-state index in [4.69, 9.17) is 4.74 Å². The molecule has 0 saturated carbocycles. The van der Waals surface area contributed by atoms with Crippen LogP contribution in [0.5, 0.6) is 5.75 Å². The van der Waals surface area contributed by atoms with Crippen molar-refractivity contribution >= 4 is 45.7 Å². The number of benzene rings is 3. The number of hydrogen-bond acceptors (Lipinski definition) is 6. The number of methoxy groups -OCH3 is 1. The molecule has 2 amide bonds. The summed E-state index contributed by atoms with van der Waals surface area (Å²) in [5.74, 6) is -0.509. The molecule has 1 aliphatic rings.